The lowest BCUT2D eigenvalue weighted by Gasteiger charge is -2.23. The van der Waals surface area contributed by atoms with Crippen LogP contribution in [0.3, 0.4) is 0 Å². The summed E-state index contributed by atoms with van der Waals surface area (Å²) >= 11 is 1.81. The van der Waals surface area contributed by atoms with Gasteiger partial charge in [-0.15, -0.1) is 0 Å². The highest BCUT2D eigenvalue weighted by atomic mass is 32.2. The van der Waals surface area contributed by atoms with Gasteiger partial charge in [-0.3, -0.25) is 4.79 Å². The molecule has 0 aromatic rings. The molecular weight excluding hydrogens is 282 g/mol. The maximum atomic E-state index is 11.7. The zero-order valence-electron chi connectivity index (χ0n) is 11.5. The molecule has 5 N–H and O–H groups in total. The smallest absolute Gasteiger partial charge is 0.326 e. The molecule has 0 aromatic heterocycles. The van der Waals surface area contributed by atoms with Crippen molar-refractivity contribution in [1.29, 1.82) is 0 Å². The fourth-order valence-corrected chi connectivity index (χ4v) is 3.24. The zero-order valence-corrected chi connectivity index (χ0v) is 12.3. The van der Waals surface area contributed by atoms with Crippen LogP contribution in [0.2, 0.25) is 0 Å². The van der Waals surface area contributed by atoms with Crippen LogP contribution in [0.1, 0.15) is 32.6 Å². The molecule has 0 spiro atoms. The summed E-state index contributed by atoms with van der Waals surface area (Å²) in [7, 11) is 0. The van der Waals surface area contributed by atoms with Crippen LogP contribution in [0.5, 0.6) is 0 Å². The molecule has 1 aliphatic heterocycles. The number of carbonyl (C=O) groups excluding carboxylic acids is 2. The third kappa shape index (κ3) is 5.68. The van der Waals surface area contributed by atoms with E-state index in [0.29, 0.717) is 6.54 Å². The van der Waals surface area contributed by atoms with Gasteiger partial charge < -0.3 is 21.5 Å². The van der Waals surface area contributed by atoms with Crippen LogP contribution in [-0.2, 0) is 9.59 Å². The Morgan fingerprint density at radius 3 is 2.65 bits per heavy atom. The van der Waals surface area contributed by atoms with Crippen molar-refractivity contribution in [3.05, 3.63) is 0 Å². The predicted octanol–water partition coefficient (Wildman–Crippen LogP) is 0.290. The molecule has 114 valence electrons. The standard InChI is InChI=1S/C12H21N3O4S/c1-12(5-2-6-20-12)7-14-11(19)15-8(10(17)18)3-4-9(13)16/h8H,2-7H2,1H3,(H2,13,16)(H,17,18)(H2,14,15,19)/t8-,12?/m0/s1. The average Bonchev–Trinajstić information content (AvgIpc) is 2.79. The van der Waals surface area contributed by atoms with Crippen molar-refractivity contribution >= 4 is 29.7 Å². The summed E-state index contributed by atoms with van der Waals surface area (Å²) in [6.45, 7) is 2.57. The highest BCUT2D eigenvalue weighted by molar-refractivity contribution is 8.00. The largest absolute Gasteiger partial charge is 0.480 e. The molecule has 1 rings (SSSR count). The van der Waals surface area contributed by atoms with E-state index in [1.165, 1.54) is 0 Å². The Labute approximate surface area is 122 Å². The Balaban J connectivity index is 2.37. The monoisotopic (exact) mass is 303 g/mol. The molecule has 0 bridgehead atoms. The minimum atomic E-state index is -1.18. The van der Waals surface area contributed by atoms with Gasteiger partial charge in [0.25, 0.3) is 0 Å². The molecule has 1 saturated heterocycles. The van der Waals surface area contributed by atoms with Gasteiger partial charge in [0, 0.05) is 17.7 Å². The highest BCUT2D eigenvalue weighted by Crippen LogP contribution is 2.36. The van der Waals surface area contributed by atoms with Crippen molar-refractivity contribution in [2.45, 2.75) is 43.4 Å². The van der Waals surface area contributed by atoms with Crippen LogP contribution in [-0.4, -0.2) is 46.1 Å². The predicted molar refractivity (Wildman–Crippen MR) is 76.5 cm³/mol. The number of carbonyl (C=O) groups is 3. The van der Waals surface area contributed by atoms with E-state index in [1.807, 2.05) is 0 Å². The van der Waals surface area contributed by atoms with Crippen molar-refractivity contribution in [1.82, 2.24) is 10.6 Å². The summed E-state index contributed by atoms with van der Waals surface area (Å²) in [5, 5.41) is 14.0. The van der Waals surface area contributed by atoms with E-state index in [0.717, 1.165) is 18.6 Å². The maximum absolute atomic E-state index is 11.7. The SMILES string of the molecule is CC1(CNC(=O)N[C@@H](CCC(N)=O)C(=O)O)CCCS1. The van der Waals surface area contributed by atoms with Gasteiger partial charge >= 0.3 is 12.0 Å². The second-order valence-corrected chi connectivity index (χ2v) is 6.81. The van der Waals surface area contributed by atoms with E-state index >= 15 is 0 Å². The molecule has 1 aliphatic rings. The Kier molecular flexibility index (Phi) is 6.12. The molecule has 0 aliphatic carbocycles. The van der Waals surface area contributed by atoms with Gasteiger partial charge in [-0.1, -0.05) is 0 Å². The van der Waals surface area contributed by atoms with Gasteiger partial charge in [-0.05, 0) is 31.9 Å². The third-order valence-corrected chi connectivity index (χ3v) is 4.74. The Bertz CT molecular complexity index is 383. The number of hydrogen-bond acceptors (Lipinski definition) is 4. The molecule has 0 saturated carbocycles. The van der Waals surface area contributed by atoms with Gasteiger partial charge in [-0.25, -0.2) is 9.59 Å². The number of rotatable bonds is 7. The molecule has 8 heteroatoms. The first kappa shape index (κ1) is 16.6. The molecular formula is C12H21N3O4S. The van der Waals surface area contributed by atoms with Gasteiger partial charge in [0.15, 0.2) is 0 Å². The number of carboxylic acids is 1. The van der Waals surface area contributed by atoms with Crippen LogP contribution in [0.4, 0.5) is 4.79 Å². The Hall–Kier alpha value is -1.44. The summed E-state index contributed by atoms with van der Waals surface area (Å²) in [6, 6.07) is -1.64. The number of hydrogen-bond donors (Lipinski definition) is 4. The van der Waals surface area contributed by atoms with Gasteiger partial charge in [-0.2, -0.15) is 11.8 Å². The first-order valence-electron chi connectivity index (χ1n) is 6.52. The number of carboxylic acid groups (broad SMARTS) is 1. The molecule has 7 nitrogen and oxygen atoms in total. The molecule has 1 fully saturated rings. The maximum Gasteiger partial charge on any atom is 0.326 e. The van der Waals surface area contributed by atoms with Crippen LogP contribution in [0.25, 0.3) is 0 Å². The Morgan fingerprint density at radius 2 is 2.15 bits per heavy atom. The van der Waals surface area contributed by atoms with Gasteiger partial charge in [0.05, 0.1) is 0 Å². The number of amides is 3. The summed E-state index contributed by atoms with van der Waals surface area (Å²) in [5.41, 5.74) is 4.97. The number of nitrogens with two attached hydrogens (primary N) is 1. The van der Waals surface area contributed by atoms with Crippen molar-refractivity contribution in [3.63, 3.8) is 0 Å². The lowest BCUT2D eigenvalue weighted by atomic mass is 10.1. The van der Waals surface area contributed by atoms with E-state index < -0.39 is 23.9 Å². The second-order valence-electron chi connectivity index (χ2n) is 5.12. The molecule has 0 aromatic carbocycles. The van der Waals surface area contributed by atoms with Crippen LogP contribution >= 0.6 is 11.8 Å². The van der Waals surface area contributed by atoms with E-state index in [9.17, 15) is 14.4 Å². The number of primary amides is 1. The molecule has 20 heavy (non-hydrogen) atoms. The summed E-state index contributed by atoms with van der Waals surface area (Å²) in [6.07, 6.45) is 2.07. The van der Waals surface area contributed by atoms with E-state index in [4.69, 9.17) is 10.8 Å². The van der Waals surface area contributed by atoms with Crippen molar-refractivity contribution in [2.75, 3.05) is 12.3 Å². The molecule has 1 heterocycles. The quantitative estimate of drug-likeness (QED) is 0.538. The van der Waals surface area contributed by atoms with Crippen molar-refractivity contribution in [3.8, 4) is 0 Å². The summed E-state index contributed by atoms with van der Waals surface area (Å²) < 4.78 is 0.0171. The van der Waals surface area contributed by atoms with Gasteiger partial charge in [0.1, 0.15) is 6.04 Å². The van der Waals surface area contributed by atoms with Crippen LogP contribution < -0.4 is 16.4 Å². The molecule has 3 amide bonds. The fraction of sp³-hybridized carbons (Fsp3) is 0.750. The minimum Gasteiger partial charge on any atom is -0.480 e. The lowest BCUT2D eigenvalue weighted by molar-refractivity contribution is -0.139. The van der Waals surface area contributed by atoms with Crippen LogP contribution in [0, 0.1) is 0 Å². The first-order valence-corrected chi connectivity index (χ1v) is 7.50. The first-order chi connectivity index (χ1) is 9.32. The highest BCUT2D eigenvalue weighted by Gasteiger charge is 2.30. The molecule has 2 atom stereocenters. The minimum absolute atomic E-state index is 0.00982. The number of urea groups is 1. The topological polar surface area (TPSA) is 122 Å². The third-order valence-electron chi connectivity index (χ3n) is 3.21. The van der Waals surface area contributed by atoms with E-state index in [2.05, 4.69) is 17.6 Å². The number of thioether (sulfide) groups is 1. The fourth-order valence-electron chi connectivity index (χ4n) is 2.00. The van der Waals surface area contributed by atoms with Crippen LogP contribution in [0.15, 0.2) is 0 Å². The molecule has 1 unspecified atom stereocenters. The molecule has 0 radical (unpaired) electrons. The van der Waals surface area contributed by atoms with E-state index in [1.54, 1.807) is 11.8 Å². The zero-order chi connectivity index (χ0) is 15.2. The average molecular weight is 303 g/mol. The van der Waals surface area contributed by atoms with Gasteiger partial charge in [0.2, 0.25) is 5.91 Å². The second kappa shape index (κ2) is 7.37. The van der Waals surface area contributed by atoms with E-state index in [-0.39, 0.29) is 17.6 Å². The Morgan fingerprint density at radius 1 is 1.45 bits per heavy atom. The lowest BCUT2D eigenvalue weighted by Crippen LogP contribution is -2.49. The summed E-state index contributed by atoms with van der Waals surface area (Å²) in [4.78, 5) is 33.3. The number of aliphatic carboxylic acids is 1. The van der Waals surface area contributed by atoms with Crippen molar-refractivity contribution in [2.24, 2.45) is 5.73 Å². The normalized spacial score (nSPS) is 23.1. The number of nitrogens with one attached hydrogen (secondary N) is 2. The van der Waals surface area contributed by atoms with Crippen molar-refractivity contribution < 1.29 is 19.5 Å². The summed E-state index contributed by atoms with van der Waals surface area (Å²) in [5.74, 6) is -0.688.